The third-order valence-corrected chi connectivity index (χ3v) is 4.23. The molecule has 1 fully saturated rings. The van der Waals surface area contributed by atoms with E-state index in [1.54, 1.807) is 0 Å². The first-order chi connectivity index (χ1) is 9.02. The summed E-state index contributed by atoms with van der Waals surface area (Å²) >= 11 is 0. The van der Waals surface area contributed by atoms with Crippen LogP contribution in [-0.4, -0.2) is 43.7 Å². The third-order valence-electron chi connectivity index (χ3n) is 4.23. The van der Waals surface area contributed by atoms with Crippen molar-refractivity contribution < 1.29 is 0 Å². The molecule has 0 saturated carbocycles. The molecule has 106 valence electrons. The quantitative estimate of drug-likeness (QED) is 0.904. The summed E-state index contributed by atoms with van der Waals surface area (Å²) in [4.78, 5) is 5.03. The van der Waals surface area contributed by atoms with Gasteiger partial charge in [0.25, 0.3) is 0 Å². The van der Waals surface area contributed by atoms with Crippen LogP contribution in [0.4, 0.5) is 5.69 Å². The van der Waals surface area contributed by atoms with Gasteiger partial charge < -0.3 is 10.6 Å². The summed E-state index contributed by atoms with van der Waals surface area (Å²) in [7, 11) is 0. The Kier molecular flexibility index (Phi) is 4.48. The van der Waals surface area contributed by atoms with Crippen LogP contribution in [0.2, 0.25) is 0 Å². The molecule has 0 bridgehead atoms. The van der Waals surface area contributed by atoms with Crippen LogP contribution in [-0.2, 0) is 0 Å². The van der Waals surface area contributed by atoms with E-state index in [0.29, 0.717) is 6.04 Å². The second-order valence-corrected chi connectivity index (χ2v) is 5.86. The molecule has 2 rings (SSSR count). The number of aryl methyl sites for hydroxylation is 3. The normalized spacial score (nSPS) is 18.7. The van der Waals surface area contributed by atoms with Gasteiger partial charge in [0, 0.05) is 44.5 Å². The zero-order valence-corrected chi connectivity index (χ0v) is 12.7. The Morgan fingerprint density at radius 1 is 1.05 bits per heavy atom. The number of hydrogen-bond acceptors (Lipinski definition) is 3. The Balaban J connectivity index is 2.10. The molecule has 2 N–H and O–H groups in total. The fourth-order valence-electron chi connectivity index (χ4n) is 3.21. The third kappa shape index (κ3) is 3.10. The summed E-state index contributed by atoms with van der Waals surface area (Å²) in [6, 6.07) is 5.08. The van der Waals surface area contributed by atoms with Crippen molar-refractivity contribution in [2.24, 2.45) is 5.73 Å². The average molecular weight is 261 g/mol. The molecule has 1 aromatic carbocycles. The molecule has 1 saturated heterocycles. The van der Waals surface area contributed by atoms with Crippen molar-refractivity contribution in [3.63, 3.8) is 0 Å². The minimum absolute atomic E-state index is 0.502. The predicted octanol–water partition coefficient (Wildman–Crippen LogP) is 2.08. The molecule has 1 aliphatic rings. The van der Waals surface area contributed by atoms with Gasteiger partial charge in [-0.25, -0.2) is 0 Å². The van der Waals surface area contributed by atoms with E-state index >= 15 is 0 Å². The topological polar surface area (TPSA) is 32.5 Å². The number of nitrogens with two attached hydrogens (primary N) is 1. The van der Waals surface area contributed by atoms with Crippen LogP contribution >= 0.6 is 0 Å². The Labute approximate surface area is 117 Å². The number of rotatable bonds is 3. The average Bonchev–Trinajstić information content (AvgIpc) is 2.37. The van der Waals surface area contributed by atoms with Gasteiger partial charge in [0.1, 0.15) is 0 Å². The van der Waals surface area contributed by atoms with Gasteiger partial charge in [-0.3, -0.25) is 4.90 Å². The highest BCUT2D eigenvalue weighted by atomic mass is 15.3. The van der Waals surface area contributed by atoms with E-state index < -0.39 is 0 Å². The molecule has 19 heavy (non-hydrogen) atoms. The van der Waals surface area contributed by atoms with Gasteiger partial charge in [-0.2, -0.15) is 0 Å². The van der Waals surface area contributed by atoms with Crippen molar-refractivity contribution in [1.29, 1.82) is 0 Å². The summed E-state index contributed by atoms with van der Waals surface area (Å²) in [6.07, 6.45) is 0. The molecule has 0 aliphatic carbocycles. The number of hydrogen-bond donors (Lipinski definition) is 1. The van der Waals surface area contributed by atoms with Gasteiger partial charge in [0.05, 0.1) is 0 Å². The summed E-state index contributed by atoms with van der Waals surface area (Å²) < 4.78 is 0. The number of nitrogens with zero attached hydrogens (tertiary/aromatic N) is 2. The molecule has 1 heterocycles. The first-order valence-electron chi connectivity index (χ1n) is 7.30. The van der Waals surface area contributed by atoms with Crippen molar-refractivity contribution in [2.45, 2.75) is 33.7 Å². The maximum atomic E-state index is 5.76. The summed E-state index contributed by atoms with van der Waals surface area (Å²) in [5, 5.41) is 0. The predicted molar refractivity (Wildman–Crippen MR) is 83.0 cm³/mol. The molecule has 3 nitrogen and oxygen atoms in total. The second-order valence-electron chi connectivity index (χ2n) is 5.86. The maximum Gasteiger partial charge on any atom is 0.0426 e. The van der Waals surface area contributed by atoms with E-state index in [1.807, 2.05) is 0 Å². The molecule has 0 spiro atoms. The molecule has 1 aromatic rings. The first-order valence-corrected chi connectivity index (χ1v) is 7.30. The molecule has 0 amide bonds. The van der Waals surface area contributed by atoms with Crippen LogP contribution in [0, 0.1) is 20.8 Å². The van der Waals surface area contributed by atoms with Crippen LogP contribution in [0.25, 0.3) is 0 Å². The van der Waals surface area contributed by atoms with E-state index in [2.05, 4.69) is 49.6 Å². The number of benzene rings is 1. The van der Waals surface area contributed by atoms with Crippen molar-refractivity contribution in [3.05, 3.63) is 28.8 Å². The van der Waals surface area contributed by atoms with Gasteiger partial charge in [0.15, 0.2) is 0 Å². The van der Waals surface area contributed by atoms with Gasteiger partial charge >= 0.3 is 0 Å². The van der Waals surface area contributed by atoms with Crippen molar-refractivity contribution in [3.8, 4) is 0 Å². The van der Waals surface area contributed by atoms with Crippen LogP contribution in [0.5, 0.6) is 0 Å². The lowest BCUT2D eigenvalue weighted by Gasteiger charge is -2.40. The largest absolute Gasteiger partial charge is 0.369 e. The second kappa shape index (κ2) is 5.93. The van der Waals surface area contributed by atoms with Crippen LogP contribution < -0.4 is 10.6 Å². The van der Waals surface area contributed by atoms with Crippen LogP contribution in [0.3, 0.4) is 0 Å². The molecule has 1 aliphatic heterocycles. The van der Waals surface area contributed by atoms with E-state index in [-0.39, 0.29) is 0 Å². The minimum Gasteiger partial charge on any atom is -0.369 e. The summed E-state index contributed by atoms with van der Waals surface area (Å²) in [5.74, 6) is 0. The number of anilines is 1. The molecular formula is C16H27N3. The Hall–Kier alpha value is -1.06. The molecule has 0 aromatic heterocycles. The molecular weight excluding hydrogens is 234 g/mol. The molecule has 0 radical (unpaired) electrons. The standard InChI is InChI=1S/C16H27N3/c1-12-9-13(2)16(14(3)10-12)19-7-5-18(6-8-19)15(4)11-17/h9-10,15H,5-8,11,17H2,1-4H3. The SMILES string of the molecule is Cc1cc(C)c(N2CCN(C(C)CN)CC2)c(C)c1. The van der Waals surface area contributed by atoms with Crippen molar-refractivity contribution in [1.82, 2.24) is 4.90 Å². The van der Waals surface area contributed by atoms with Crippen molar-refractivity contribution >= 4 is 5.69 Å². The maximum absolute atomic E-state index is 5.76. The Morgan fingerprint density at radius 2 is 1.58 bits per heavy atom. The fourth-order valence-corrected chi connectivity index (χ4v) is 3.21. The van der Waals surface area contributed by atoms with E-state index in [4.69, 9.17) is 5.73 Å². The Bertz CT molecular complexity index is 411. The van der Waals surface area contributed by atoms with Crippen molar-refractivity contribution in [2.75, 3.05) is 37.6 Å². The smallest absolute Gasteiger partial charge is 0.0426 e. The molecule has 1 unspecified atom stereocenters. The zero-order valence-electron chi connectivity index (χ0n) is 12.7. The highest BCUT2D eigenvalue weighted by Crippen LogP contribution is 2.27. The van der Waals surface area contributed by atoms with Gasteiger partial charge in [-0.1, -0.05) is 17.7 Å². The lowest BCUT2D eigenvalue weighted by atomic mass is 10.0. The van der Waals surface area contributed by atoms with E-state index in [0.717, 1.165) is 32.7 Å². The zero-order chi connectivity index (χ0) is 14.0. The molecule has 3 heteroatoms. The highest BCUT2D eigenvalue weighted by molar-refractivity contribution is 5.60. The summed E-state index contributed by atoms with van der Waals surface area (Å²) in [5.41, 5.74) is 11.4. The lowest BCUT2D eigenvalue weighted by molar-refractivity contribution is 0.201. The molecule has 1 atom stereocenters. The van der Waals surface area contributed by atoms with E-state index in [9.17, 15) is 0 Å². The van der Waals surface area contributed by atoms with Crippen LogP contribution in [0.1, 0.15) is 23.6 Å². The van der Waals surface area contributed by atoms with E-state index in [1.165, 1.54) is 22.4 Å². The van der Waals surface area contributed by atoms with Gasteiger partial charge in [-0.05, 0) is 38.8 Å². The fraction of sp³-hybridized carbons (Fsp3) is 0.625. The van der Waals surface area contributed by atoms with Gasteiger partial charge in [0.2, 0.25) is 0 Å². The monoisotopic (exact) mass is 261 g/mol. The summed E-state index contributed by atoms with van der Waals surface area (Å²) in [6.45, 7) is 14.0. The minimum atomic E-state index is 0.502. The highest BCUT2D eigenvalue weighted by Gasteiger charge is 2.22. The number of piperazine rings is 1. The van der Waals surface area contributed by atoms with Gasteiger partial charge in [-0.15, -0.1) is 0 Å². The Morgan fingerprint density at radius 3 is 2.05 bits per heavy atom. The first kappa shape index (κ1) is 14.4. The lowest BCUT2D eigenvalue weighted by Crippen LogP contribution is -2.51. The van der Waals surface area contributed by atoms with Crippen LogP contribution in [0.15, 0.2) is 12.1 Å².